The number of nitrogens with one attached hydrogen (secondary N) is 1. The molecule has 2 fully saturated rings. The molecule has 30 heavy (non-hydrogen) atoms. The first-order chi connectivity index (χ1) is 14.4. The topological polar surface area (TPSA) is 52.7 Å². The van der Waals surface area contributed by atoms with Gasteiger partial charge in [-0.2, -0.15) is 0 Å². The van der Waals surface area contributed by atoms with E-state index >= 15 is 0 Å². The van der Waals surface area contributed by atoms with Crippen LogP contribution >= 0.6 is 11.8 Å². The van der Waals surface area contributed by atoms with Gasteiger partial charge in [-0.1, -0.05) is 29.8 Å². The fourth-order valence-corrected chi connectivity index (χ4v) is 5.84. The first-order valence-corrected chi connectivity index (χ1v) is 11.5. The molecular formula is C24H29N3O2S. The van der Waals surface area contributed by atoms with E-state index in [2.05, 4.69) is 5.32 Å². The zero-order chi connectivity index (χ0) is 21.3. The van der Waals surface area contributed by atoms with Crippen molar-refractivity contribution in [3.05, 3.63) is 64.7 Å². The van der Waals surface area contributed by atoms with Crippen molar-refractivity contribution in [1.82, 2.24) is 9.80 Å². The van der Waals surface area contributed by atoms with E-state index in [9.17, 15) is 9.59 Å². The fraction of sp³-hybridized carbons (Fsp3) is 0.417. The Labute approximate surface area is 182 Å². The maximum Gasteiger partial charge on any atom is 0.321 e. The van der Waals surface area contributed by atoms with Crippen molar-refractivity contribution in [2.45, 2.75) is 38.5 Å². The number of thioether (sulfide) groups is 1. The van der Waals surface area contributed by atoms with Crippen LogP contribution in [0.4, 0.5) is 10.5 Å². The van der Waals surface area contributed by atoms with Gasteiger partial charge in [-0.3, -0.25) is 4.79 Å². The van der Waals surface area contributed by atoms with Gasteiger partial charge in [0.1, 0.15) is 0 Å². The zero-order valence-electron chi connectivity index (χ0n) is 17.9. The molecule has 0 unspecified atom stereocenters. The second-order valence-electron chi connectivity index (χ2n) is 8.29. The summed E-state index contributed by atoms with van der Waals surface area (Å²) in [5, 5.41) is 3.07. The number of benzene rings is 2. The van der Waals surface area contributed by atoms with Gasteiger partial charge in [0.15, 0.2) is 0 Å². The zero-order valence-corrected chi connectivity index (χ0v) is 18.7. The number of amides is 3. The monoisotopic (exact) mass is 423 g/mol. The summed E-state index contributed by atoms with van der Waals surface area (Å²) in [5.74, 6) is 1.06. The summed E-state index contributed by atoms with van der Waals surface area (Å²) in [7, 11) is 0. The molecule has 2 saturated heterocycles. The van der Waals surface area contributed by atoms with Gasteiger partial charge < -0.3 is 15.1 Å². The van der Waals surface area contributed by atoms with Gasteiger partial charge in [0, 0.05) is 36.6 Å². The smallest absolute Gasteiger partial charge is 0.321 e. The molecule has 1 spiro atoms. The molecule has 4 rings (SSSR count). The Kier molecular flexibility index (Phi) is 5.78. The van der Waals surface area contributed by atoms with Crippen LogP contribution < -0.4 is 5.32 Å². The molecule has 5 nitrogen and oxygen atoms in total. The highest BCUT2D eigenvalue weighted by atomic mass is 32.2. The summed E-state index contributed by atoms with van der Waals surface area (Å²) < 4.78 is 0. The summed E-state index contributed by atoms with van der Waals surface area (Å²) >= 11 is 1.87. The van der Waals surface area contributed by atoms with Crippen molar-refractivity contribution in [2.24, 2.45) is 0 Å². The third-order valence-electron chi connectivity index (χ3n) is 6.37. The van der Waals surface area contributed by atoms with Crippen LogP contribution in [0.3, 0.4) is 0 Å². The quantitative estimate of drug-likeness (QED) is 0.753. The first-order valence-electron chi connectivity index (χ1n) is 10.5. The number of hydrogen-bond acceptors (Lipinski definition) is 3. The Bertz CT molecular complexity index is 967. The fourth-order valence-electron chi connectivity index (χ4n) is 4.38. The minimum absolute atomic E-state index is 0.0573. The minimum Gasteiger partial charge on any atom is -0.324 e. The van der Waals surface area contributed by atoms with Gasteiger partial charge in [0.25, 0.3) is 5.91 Å². The minimum atomic E-state index is -0.198. The van der Waals surface area contributed by atoms with Crippen molar-refractivity contribution in [3.8, 4) is 0 Å². The summed E-state index contributed by atoms with van der Waals surface area (Å²) in [6.45, 7) is 8.17. The van der Waals surface area contributed by atoms with E-state index in [1.807, 2.05) is 84.8 Å². The molecule has 6 heteroatoms. The predicted octanol–water partition coefficient (Wildman–Crippen LogP) is 4.83. The Morgan fingerprint density at radius 2 is 1.73 bits per heavy atom. The van der Waals surface area contributed by atoms with E-state index in [1.54, 1.807) is 0 Å². The molecule has 2 aromatic carbocycles. The van der Waals surface area contributed by atoms with Crippen LogP contribution in [0.2, 0.25) is 0 Å². The van der Waals surface area contributed by atoms with Crippen LogP contribution in [0.25, 0.3) is 0 Å². The van der Waals surface area contributed by atoms with E-state index in [0.29, 0.717) is 13.1 Å². The summed E-state index contributed by atoms with van der Waals surface area (Å²) in [6.07, 6.45) is 1.60. The molecule has 3 amide bonds. The SMILES string of the molecule is Cc1cccc(C(=O)N2CCSC23CCN(C(=O)Nc2cccc(C)c2C)CC3)c1. The lowest BCUT2D eigenvalue weighted by Crippen LogP contribution is -2.54. The maximum atomic E-state index is 13.2. The average Bonchev–Trinajstić information content (AvgIpc) is 3.14. The number of piperidine rings is 1. The van der Waals surface area contributed by atoms with Crippen LogP contribution in [0.15, 0.2) is 42.5 Å². The van der Waals surface area contributed by atoms with Crippen LogP contribution in [0.5, 0.6) is 0 Å². The molecule has 0 aliphatic carbocycles. The lowest BCUT2D eigenvalue weighted by molar-refractivity contribution is 0.0585. The summed E-state index contributed by atoms with van der Waals surface area (Å²) in [5.41, 5.74) is 4.98. The number of aryl methyl sites for hydroxylation is 2. The molecule has 1 N–H and O–H groups in total. The molecule has 0 atom stereocenters. The molecular weight excluding hydrogens is 394 g/mol. The number of nitrogens with zero attached hydrogens (tertiary/aromatic N) is 2. The number of carbonyl (C=O) groups excluding carboxylic acids is 2. The Morgan fingerprint density at radius 3 is 2.47 bits per heavy atom. The van der Waals surface area contributed by atoms with E-state index < -0.39 is 0 Å². The average molecular weight is 424 g/mol. The predicted molar refractivity (Wildman–Crippen MR) is 123 cm³/mol. The van der Waals surface area contributed by atoms with Crippen molar-refractivity contribution < 1.29 is 9.59 Å². The maximum absolute atomic E-state index is 13.2. The van der Waals surface area contributed by atoms with Crippen LogP contribution in [-0.4, -0.2) is 52.0 Å². The van der Waals surface area contributed by atoms with Gasteiger partial charge in [-0.25, -0.2) is 4.79 Å². The molecule has 0 bridgehead atoms. The number of urea groups is 1. The van der Waals surface area contributed by atoms with Crippen LogP contribution in [-0.2, 0) is 0 Å². The number of hydrogen-bond donors (Lipinski definition) is 1. The highest BCUT2D eigenvalue weighted by Crippen LogP contribution is 2.44. The molecule has 0 saturated carbocycles. The normalized spacial score (nSPS) is 18.0. The molecule has 2 aliphatic rings. The third kappa shape index (κ3) is 3.93. The Morgan fingerprint density at radius 1 is 1.00 bits per heavy atom. The highest BCUT2D eigenvalue weighted by Gasteiger charge is 2.47. The van der Waals surface area contributed by atoms with Crippen molar-refractivity contribution in [1.29, 1.82) is 0 Å². The number of carbonyl (C=O) groups is 2. The second-order valence-corrected chi connectivity index (χ2v) is 9.74. The first kappa shape index (κ1) is 20.8. The van der Waals surface area contributed by atoms with Gasteiger partial charge in [0.2, 0.25) is 0 Å². The number of anilines is 1. The third-order valence-corrected chi connectivity index (χ3v) is 7.92. The van der Waals surface area contributed by atoms with Crippen LogP contribution in [0.1, 0.15) is 39.9 Å². The summed E-state index contributed by atoms with van der Waals surface area (Å²) in [4.78, 5) is 29.8. The second kappa shape index (κ2) is 8.34. The molecule has 0 aromatic heterocycles. The van der Waals surface area contributed by atoms with Gasteiger partial charge in [0.05, 0.1) is 4.87 Å². The number of rotatable bonds is 2. The van der Waals surface area contributed by atoms with Crippen LogP contribution in [0, 0.1) is 20.8 Å². The highest BCUT2D eigenvalue weighted by molar-refractivity contribution is 8.00. The van der Waals surface area contributed by atoms with E-state index in [1.165, 1.54) is 0 Å². The molecule has 0 radical (unpaired) electrons. The number of likely N-dealkylation sites (tertiary alicyclic amines) is 1. The molecule has 2 heterocycles. The van der Waals surface area contributed by atoms with Gasteiger partial charge in [-0.05, 0) is 62.9 Å². The van der Waals surface area contributed by atoms with Gasteiger partial charge in [-0.15, -0.1) is 11.8 Å². The standard InChI is InChI=1S/C24H29N3O2S/c1-17-6-4-8-20(16-17)22(28)27-14-15-30-24(27)10-12-26(13-11-24)23(29)25-21-9-5-7-18(2)19(21)3/h4-9,16H,10-15H2,1-3H3,(H,25,29). The van der Waals surface area contributed by atoms with E-state index in [4.69, 9.17) is 0 Å². The molecule has 2 aliphatic heterocycles. The van der Waals surface area contributed by atoms with Crippen molar-refractivity contribution >= 4 is 29.4 Å². The Hall–Kier alpha value is -2.47. The molecule has 158 valence electrons. The van der Waals surface area contributed by atoms with Crippen molar-refractivity contribution in [2.75, 3.05) is 30.7 Å². The largest absolute Gasteiger partial charge is 0.324 e. The Balaban J connectivity index is 1.43. The lowest BCUT2D eigenvalue weighted by Gasteiger charge is -2.44. The van der Waals surface area contributed by atoms with E-state index in [0.717, 1.165) is 53.1 Å². The summed E-state index contributed by atoms with van der Waals surface area (Å²) in [6, 6.07) is 13.7. The molecule has 2 aromatic rings. The van der Waals surface area contributed by atoms with E-state index in [-0.39, 0.29) is 16.8 Å². The van der Waals surface area contributed by atoms with Crippen molar-refractivity contribution in [3.63, 3.8) is 0 Å². The van der Waals surface area contributed by atoms with Gasteiger partial charge >= 0.3 is 6.03 Å². The lowest BCUT2D eigenvalue weighted by atomic mass is 10.0.